The fourth-order valence-corrected chi connectivity index (χ4v) is 1.61. The molecule has 0 aromatic heterocycles. The van der Waals surface area contributed by atoms with Gasteiger partial charge in [-0.25, -0.2) is 0 Å². The number of hydrazine groups is 1. The number of rotatable bonds is 2. The maximum absolute atomic E-state index is 10.9. The molecule has 0 bridgehead atoms. The second-order valence-corrected chi connectivity index (χ2v) is 3.71. The maximum Gasteiger partial charge on any atom is 0.260 e. The summed E-state index contributed by atoms with van der Waals surface area (Å²) in [6.45, 7) is 0.123. The molecule has 0 fully saturated rings. The van der Waals surface area contributed by atoms with Gasteiger partial charge in [-0.3, -0.25) is 20.6 Å². The number of benzene rings is 1. The van der Waals surface area contributed by atoms with Crippen molar-refractivity contribution in [1.29, 1.82) is 0 Å². The molecule has 1 aliphatic heterocycles. The number of anilines is 1. The highest BCUT2D eigenvalue weighted by Crippen LogP contribution is 2.20. The molecular formula is C10H11ClN4O. The van der Waals surface area contributed by atoms with Crippen LogP contribution in [0, 0.1) is 0 Å². The minimum atomic E-state index is -0.156. The summed E-state index contributed by atoms with van der Waals surface area (Å²) in [5.41, 5.74) is 6.97. The lowest BCUT2D eigenvalue weighted by Crippen LogP contribution is -2.47. The Balaban J connectivity index is 2.39. The summed E-state index contributed by atoms with van der Waals surface area (Å²) in [7, 11) is 1.81. The minimum absolute atomic E-state index is 0.123. The smallest absolute Gasteiger partial charge is 0.260 e. The molecule has 2 rings (SSSR count). The fraction of sp³-hybridized carbons (Fsp3) is 0.200. The summed E-state index contributed by atoms with van der Waals surface area (Å²) in [4.78, 5) is 15.1. The van der Waals surface area contributed by atoms with Crippen LogP contribution in [-0.2, 0) is 4.79 Å². The van der Waals surface area contributed by atoms with Crippen molar-refractivity contribution in [2.24, 2.45) is 4.99 Å². The van der Waals surface area contributed by atoms with Gasteiger partial charge < -0.3 is 5.32 Å². The van der Waals surface area contributed by atoms with Crippen molar-refractivity contribution in [2.45, 2.75) is 0 Å². The van der Waals surface area contributed by atoms with E-state index in [0.29, 0.717) is 10.9 Å². The number of carbonyl (C=O) groups excluding carboxylic acids is 1. The summed E-state index contributed by atoms with van der Waals surface area (Å²) < 4.78 is 0. The molecule has 0 aliphatic carbocycles. The van der Waals surface area contributed by atoms with Crippen LogP contribution in [0.4, 0.5) is 5.69 Å². The Morgan fingerprint density at radius 3 is 2.88 bits per heavy atom. The first-order valence-corrected chi connectivity index (χ1v) is 5.15. The standard InChI is InChI=1S/C10H11ClN4O/c1-12-8-3-2-6(11)4-7(8)10-13-5-9(16)14-15-10/h2-4,12H,5H2,1H3,(H,13,15)(H,14,16). The molecule has 0 unspecified atom stereocenters. The molecule has 0 atom stereocenters. The van der Waals surface area contributed by atoms with Crippen LogP contribution in [0.3, 0.4) is 0 Å². The molecule has 0 radical (unpaired) electrons. The lowest BCUT2D eigenvalue weighted by molar-refractivity contribution is -0.120. The van der Waals surface area contributed by atoms with E-state index in [4.69, 9.17) is 11.6 Å². The van der Waals surface area contributed by atoms with Crippen molar-refractivity contribution in [2.75, 3.05) is 18.9 Å². The largest absolute Gasteiger partial charge is 0.388 e. The van der Waals surface area contributed by atoms with Gasteiger partial charge in [0.1, 0.15) is 12.4 Å². The van der Waals surface area contributed by atoms with E-state index in [0.717, 1.165) is 11.3 Å². The number of nitrogens with one attached hydrogen (secondary N) is 3. The number of amides is 1. The number of hydrogen-bond donors (Lipinski definition) is 3. The highest BCUT2D eigenvalue weighted by atomic mass is 35.5. The Labute approximate surface area is 97.9 Å². The third-order valence-electron chi connectivity index (χ3n) is 2.21. The Bertz CT molecular complexity index is 458. The number of halogens is 1. The van der Waals surface area contributed by atoms with E-state index < -0.39 is 0 Å². The van der Waals surface area contributed by atoms with E-state index in [9.17, 15) is 4.79 Å². The van der Waals surface area contributed by atoms with Crippen molar-refractivity contribution in [3.63, 3.8) is 0 Å². The van der Waals surface area contributed by atoms with Gasteiger partial charge in [0.15, 0.2) is 0 Å². The Morgan fingerprint density at radius 1 is 1.44 bits per heavy atom. The molecule has 1 amide bonds. The Morgan fingerprint density at radius 2 is 2.25 bits per heavy atom. The topological polar surface area (TPSA) is 65.5 Å². The number of carbonyl (C=O) groups is 1. The Kier molecular flexibility index (Phi) is 2.96. The van der Waals surface area contributed by atoms with Crippen LogP contribution in [-0.4, -0.2) is 25.3 Å². The van der Waals surface area contributed by atoms with Gasteiger partial charge in [-0.15, -0.1) is 0 Å². The summed E-state index contributed by atoms with van der Waals surface area (Å²) in [5, 5.41) is 3.66. The summed E-state index contributed by atoms with van der Waals surface area (Å²) in [5.74, 6) is 0.447. The molecule has 1 heterocycles. The molecule has 5 nitrogen and oxygen atoms in total. The average Bonchev–Trinajstić information content (AvgIpc) is 2.30. The van der Waals surface area contributed by atoms with E-state index in [1.54, 1.807) is 12.1 Å². The first-order chi connectivity index (χ1) is 7.70. The monoisotopic (exact) mass is 238 g/mol. The Hall–Kier alpha value is -1.75. The maximum atomic E-state index is 10.9. The normalized spacial score (nSPS) is 14.9. The molecule has 1 aromatic carbocycles. The molecule has 6 heteroatoms. The lowest BCUT2D eigenvalue weighted by Gasteiger charge is -2.18. The van der Waals surface area contributed by atoms with E-state index in [-0.39, 0.29) is 12.5 Å². The van der Waals surface area contributed by atoms with Crippen LogP contribution in [0.15, 0.2) is 23.2 Å². The van der Waals surface area contributed by atoms with Crippen molar-refractivity contribution in [3.8, 4) is 0 Å². The molecule has 0 spiro atoms. The van der Waals surface area contributed by atoms with Gasteiger partial charge in [0.2, 0.25) is 0 Å². The molecule has 84 valence electrons. The first kappa shape index (κ1) is 10.8. The van der Waals surface area contributed by atoms with Crippen LogP contribution in [0.5, 0.6) is 0 Å². The van der Waals surface area contributed by atoms with Gasteiger partial charge in [-0.2, -0.15) is 0 Å². The highest BCUT2D eigenvalue weighted by Gasteiger charge is 2.14. The number of hydrogen-bond acceptors (Lipinski definition) is 4. The summed E-state index contributed by atoms with van der Waals surface area (Å²) >= 11 is 5.92. The molecule has 0 saturated carbocycles. The van der Waals surface area contributed by atoms with Crippen LogP contribution in [0.2, 0.25) is 5.02 Å². The molecular weight excluding hydrogens is 228 g/mol. The molecule has 16 heavy (non-hydrogen) atoms. The summed E-state index contributed by atoms with van der Waals surface area (Å²) in [6, 6.07) is 5.44. The predicted octanol–water partition coefficient (Wildman–Crippen LogP) is 0.763. The van der Waals surface area contributed by atoms with Gasteiger partial charge in [0.25, 0.3) is 5.91 Å². The van der Waals surface area contributed by atoms with Crippen molar-refractivity contribution >= 4 is 29.0 Å². The van der Waals surface area contributed by atoms with Crippen molar-refractivity contribution in [1.82, 2.24) is 10.9 Å². The zero-order valence-electron chi connectivity index (χ0n) is 8.67. The van der Waals surface area contributed by atoms with Crippen molar-refractivity contribution in [3.05, 3.63) is 28.8 Å². The number of aliphatic imine (C=N–C) groups is 1. The molecule has 0 saturated heterocycles. The van der Waals surface area contributed by atoms with Gasteiger partial charge in [-0.1, -0.05) is 11.6 Å². The van der Waals surface area contributed by atoms with Gasteiger partial charge in [-0.05, 0) is 18.2 Å². The van der Waals surface area contributed by atoms with Crippen LogP contribution in [0.25, 0.3) is 0 Å². The van der Waals surface area contributed by atoms with E-state index in [1.165, 1.54) is 0 Å². The van der Waals surface area contributed by atoms with Crippen molar-refractivity contribution < 1.29 is 4.79 Å². The highest BCUT2D eigenvalue weighted by molar-refractivity contribution is 6.31. The van der Waals surface area contributed by atoms with Gasteiger partial charge in [0.05, 0.1) is 0 Å². The second kappa shape index (κ2) is 4.40. The van der Waals surface area contributed by atoms with E-state index in [2.05, 4.69) is 21.2 Å². The minimum Gasteiger partial charge on any atom is -0.388 e. The van der Waals surface area contributed by atoms with E-state index in [1.807, 2.05) is 13.1 Å². The van der Waals surface area contributed by atoms with Crippen LogP contribution in [0.1, 0.15) is 5.56 Å². The lowest BCUT2D eigenvalue weighted by atomic mass is 10.1. The third-order valence-corrected chi connectivity index (χ3v) is 2.44. The second-order valence-electron chi connectivity index (χ2n) is 3.28. The number of amidine groups is 1. The molecule has 1 aromatic rings. The summed E-state index contributed by atoms with van der Waals surface area (Å²) in [6.07, 6.45) is 0. The van der Waals surface area contributed by atoms with Crippen LogP contribution >= 0.6 is 11.6 Å². The zero-order valence-corrected chi connectivity index (χ0v) is 9.43. The fourth-order valence-electron chi connectivity index (χ4n) is 1.44. The third kappa shape index (κ3) is 2.09. The molecule has 3 N–H and O–H groups in total. The zero-order chi connectivity index (χ0) is 11.5. The SMILES string of the molecule is CNc1ccc(Cl)cc1C1=NCC(=O)NN1. The number of nitrogens with zero attached hydrogens (tertiary/aromatic N) is 1. The predicted molar refractivity (Wildman–Crippen MR) is 63.7 cm³/mol. The van der Waals surface area contributed by atoms with Gasteiger partial charge >= 0.3 is 0 Å². The quantitative estimate of drug-likeness (QED) is 0.713. The molecule has 1 aliphatic rings. The first-order valence-electron chi connectivity index (χ1n) is 4.77. The van der Waals surface area contributed by atoms with Gasteiger partial charge in [0, 0.05) is 23.3 Å². The van der Waals surface area contributed by atoms with E-state index >= 15 is 0 Å². The average molecular weight is 239 g/mol. The van der Waals surface area contributed by atoms with Crippen LogP contribution < -0.4 is 16.2 Å².